The quantitative estimate of drug-likeness (QED) is 0.344. The van der Waals surface area contributed by atoms with Crippen LogP contribution in [0.15, 0.2) is 24.3 Å². The molecule has 0 aliphatic heterocycles. The van der Waals surface area contributed by atoms with Gasteiger partial charge in [-0.05, 0) is 50.8 Å². The molecule has 0 amide bonds. The molecule has 0 bridgehead atoms. The van der Waals surface area contributed by atoms with Crippen molar-refractivity contribution in [2.24, 2.45) is 0 Å². The molecule has 1 aromatic rings. The number of phenolic OH excluding ortho intramolecular Hbond substituents is 1. The van der Waals surface area contributed by atoms with Crippen molar-refractivity contribution in [2.45, 2.75) is 51.3 Å². The third kappa shape index (κ3) is 6.92. The third-order valence-corrected chi connectivity index (χ3v) is 3.97. The van der Waals surface area contributed by atoms with Crippen molar-refractivity contribution in [1.82, 2.24) is 5.32 Å². The fourth-order valence-corrected chi connectivity index (χ4v) is 3.00. The Hall–Kier alpha value is -2.58. The Morgan fingerprint density at radius 3 is 2.15 bits per heavy atom. The summed E-state index contributed by atoms with van der Waals surface area (Å²) in [7, 11) is 1.79. The number of carbonyl (C=O) groups is 2. The van der Waals surface area contributed by atoms with E-state index in [1.807, 2.05) is 6.07 Å². The van der Waals surface area contributed by atoms with Gasteiger partial charge in [-0.3, -0.25) is 0 Å². The smallest absolute Gasteiger partial charge is 0.328 e. The molecule has 8 nitrogen and oxygen atoms in total. The number of phenols is 1. The topological polar surface area (TPSA) is 139 Å². The van der Waals surface area contributed by atoms with Gasteiger partial charge in [0, 0.05) is 30.8 Å². The molecule has 2 rings (SSSR count). The number of aromatic hydroxyl groups is 1. The number of rotatable bonds is 4. The highest BCUT2D eigenvalue weighted by atomic mass is 16.4. The number of aliphatic carboxylic acids is 2. The number of carboxylic acid groups (broad SMARTS) is 2. The van der Waals surface area contributed by atoms with E-state index < -0.39 is 18.0 Å². The zero-order valence-electron chi connectivity index (χ0n) is 16.0. The first-order chi connectivity index (χ1) is 12.5. The number of aliphatic hydroxyl groups is 1. The fourth-order valence-electron chi connectivity index (χ4n) is 3.00. The van der Waals surface area contributed by atoms with Gasteiger partial charge in [0.25, 0.3) is 0 Å². The molecule has 27 heavy (non-hydrogen) atoms. The van der Waals surface area contributed by atoms with E-state index >= 15 is 0 Å². The van der Waals surface area contributed by atoms with Crippen LogP contribution in [0, 0.1) is 0 Å². The van der Waals surface area contributed by atoms with Crippen molar-refractivity contribution in [3.8, 4) is 5.75 Å². The van der Waals surface area contributed by atoms with Crippen LogP contribution in [-0.4, -0.2) is 51.0 Å². The lowest BCUT2D eigenvalue weighted by molar-refractivity contribution is -0.134. The normalized spacial score (nSPS) is 19.0. The van der Waals surface area contributed by atoms with Gasteiger partial charge in [0.15, 0.2) is 0 Å². The zero-order chi connectivity index (χ0) is 20.8. The van der Waals surface area contributed by atoms with Crippen LogP contribution in [0.2, 0.25) is 0 Å². The van der Waals surface area contributed by atoms with E-state index in [1.54, 1.807) is 13.1 Å². The summed E-state index contributed by atoms with van der Waals surface area (Å²) in [6.45, 7) is 6.31. The van der Waals surface area contributed by atoms with Gasteiger partial charge in [0.1, 0.15) is 5.75 Å². The number of aliphatic hydroxyl groups excluding tert-OH is 1. The van der Waals surface area contributed by atoms with Gasteiger partial charge in [-0.15, -0.1) is 0 Å². The van der Waals surface area contributed by atoms with E-state index in [1.165, 1.54) is 0 Å². The van der Waals surface area contributed by atoms with E-state index in [0.29, 0.717) is 12.2 Å². The molecule has 8 heteroatoms. The van der Waals surface area contributed by atoms with Crippen LogP contribution in [0.5, 0.6) is 5.75 Å². The first-order valence-electron chi connectivity index (χ1n) is 8.58. The van der Waals surface area contributed by atoms with E-state index in [0.717, 1.165) is 29.7 Å². The Kier molecular flexibility index (Phi) is 7.81. The summed E-state index contributed by atoms with van der Waals surface area (Å²) >= 11 is 0. The minimum absolute atomic E-state index is 0.0219. The highest BCUT2D eigenvalue weighted by Crippen LogP contribution is 2.39. The maximum atomic E-state index is 10.5. The van der Waals surface area contributed by atoms with E-state index in [2.05, 4.69) is 31.4 Å². The second-order valence-electron chi connectivity index (χ2n) is 7.27. The Morgan fingerprint density at radius 2 is 1.70 bits per heavy atom. The molecule has 150 valence electrons. The van der Waals surface area contributed by atoms with Crippen LogP contribution in [0.3, 0.4) is 0 Å². The van der Waals surface area contributed by atoms with E-state index in [9.17, 15) is 19.8 Å². The number of hydrogen-bond donors (Lipinski definition) is 6. The van der Waals surface area contributed by atoms with Crippen molar-refractivity contribution >= 4 is 17.6 Å². The Balaban J connectivity index is 0.000000387. The minimum atomic E-state index is -1.26. The summed E-state index contributed by atoms with van der Waals surface area (Å²) in [6, 6.07) is 3.53. The number of benzene rings is 1. The lowest BCUT2D eigenvalue weighted by Crippen LogP contribution is -2.48. The number of anilines is 1. The minimum Gasteiger partial charge on any atom is -0.506 e. The molecule has 0 unspecified atom stereocenters. The van der Waals surface area contributed by atoms with Crippen molar-refractivity contribution in [3.05, 3.63) is 35.4 Å². The van der Waals surface area contributed by atoms with Crippen LogP contribution in [0.1, 0.15) is 44.4 Å². The first-order valence-corrected chi connectivity index (χ1v) is 8.58. The molecule has 2 atom stereocenters. The summed E-state index contributed by atoms with van der Waals surface area (Å²) in [5.41, 5.74) is 2.66. The monoisotopic (exact) mass is 380 g/mol. The number of hydrogen-bond acceptors (Lipinski definition) is 6. The molecule has 0 fully saturated rings. The van der Waals surface area contributed by atoms with Gasteiger partial charge in [0.05, 0.1) is 11.8 Å². The molecule has 0 radical (unpaired) electrons. The van der Waals surface area contributed by atoms with Crippen molar-refractivity contribution in [2.75, 3.05) is 12.4 Å². The Labute approximate surface area is 158 Å². The molecule has 6 N–H and O–H groups in total. The van der Waals surface area contributed by atoms with Crippen LogP contribution in [-0.2, 0) is 16.0 Å². The summed E-state index contributed by atoms with van der Waals surface area (Å²) < 4.78 is 0. The second kappa shape index (κ2) is 9.38. The van der Waals surface area contributed by atoms with Crippen molar-refractivity contribution in [3.63, 3.8) is 0 Å². The summed E-state index contributed by atoms with van der Waals surface area (Å²) in [5, 5.41) is 42.5. The Morgan fingerprint density at radius 1 is 1.15 bits per heavy atom. The lowest BCUT2D eigenvalue weighted by Gasteiger charge is -2.36. The summed E-state index contributed by atoms with van der Waals surface area (Å²) in [5.74, 6) is -2.27. The number of fused-ring (bicyclic) bond motifs is 1. The van der Waals surface area contributed by atoms with Crippen LogP contribution in [0.4, 0.5) is 5.69 Å². The highest BCUT2D eigenvalue weighted by molar-refractivity contribution is 5.89. The predicted molar refractivity (Wildman–Crippen MR) is 102 cm³/mol. The molecule has 0 saturated carbocycles. The summed E-state index contributed by atoms with van der Waals surface area (Å²) in [6.07, 6.45) is 2.30. The van der Waals surface area contributed by atoms with Crippen molar-refractivity contribution < 1.29 is 30.0 Å². The number of nitrogens with one attached hydrogen (secondary N) is 2. The molecule has 0 spiro atoms. The maximum absolute atomic E-state index is 10.5. The third-order valence-electron chi connectivity index (χ3n) is 3.97. The van der Waals surface area contributed by atoms with Gasteiger partial charge >= 0.3 is 11.9 Å². The molecular weight excluding hydrogens is 352 g/mol. The van der Waals surface area contributed by atoms with Gasteiger partial charge < -0.3 is 31.1 Å². The molecule has 1 aliphatic carbocycles. The molecule has 1 aromatic carbocycles. The Bertz CT molecular complexity index is 693. The molecule has 1 aliphatic rings. The van der Waals surface area contributed by atoms with Gasteiger partial charge in [0.2, 0.25) is 0 Å². The standard InChI is InChI=1S/C15H24N2O2.C4H4O4/c1-15(2,3)17-11-7-5-9-10(14(11)19)6-8-12(18)13(9)16-4;5-3(6)1-2-4(7)8/h6,8,11,14,16-19H,5,7H2,1-4H3;1-2H,(H,5,6)(H,7,8)/b;2-1+/t11-,14-;/m1./s1. The van der Waals surface area contributed by atoms with Crippen LogP contribution >= 0.6 is 0 Å². The van der Waals surface area contributed by atoms with E-state index in [-0.39, 0.29) is 17.3 Å². The second-order valence-corrected chi connectivity index (χ2v) is 7.27. The molecule has 0 saturated heterocycles. The average Bonchev–Trinajstić information content (AvgIpc) is 2.55. The molecular formula is C19H28N2O6. The fraction of sp³-hybridized carbons (Fsp3) is 0.474. The van der Waals surface area contributed by atoms with Crippen molar-refractivity contribution in [1.29, 1.82) is 0 Å². The van der Waals surface area contributed by atoms with Gasteiger partial charge in [-0.1, -0.05) is 6.07 Å². The highest BCUT2D eigenvalue weighted by Gasteiger charge is 2.32. The molecule has 0 aromatic heterocycles. The van der Waals surface area contributed by atoms with E-state index in [4.69, 9.17) is 10.2 Å². The predicted octanol–water partition coefficient (Wildman–Crippen LogP) is 1.88. The zero-order valence-corrected chi connectivity index (χ0v) is 16.0. The first kappa shape index (κ1) is 22.5. The largest absolute Gasteiger partial charge is 0.506 e. The van der Waals surface area contributed by atoms with Crippen LogP contribution < -0.4 is 10.6 Å². The number of carboxylic acids is 2. The maximum Gasteiger partial charge on any atom is 0.328 e. The summed E-state index contributed by atoms with van der Waals surface area (Å²) in [4.78, 5) is 19.1. The van der Waals surface area contributed by atoms with Crippen LogP contribution in [0.25, 0.3) is 0 Å². The lowest BCUT2D eigenvalue weighted by atomic mass is 9.83. The molecule has 0 heterocycles. The average molecular weight is 380 g/mol. The SMILES string of the molecule is CNc1c(O)ccc2c1CC[C@@H](NC(C)(C)C)[C@@H]2O.O=C(O)/C=C/C(=O)O. The van der Waals surface area contributed by atoms with Gasteiger partial charge in [-0.2, -0.15) is 0 Å². The van der Waals surface area contributed by atoms with Gasteiger partial charge in [-0.25, -0.2) is 9.59 Å².